The molecule has 1 atom stereocenters. The largest absolute Gasteiger partial charge is 0.693 e. The van der Waals surface area contributed by atoms with Crippen LogP contribution in [0.1, 0.15) is 54.7 Å². The number of rotatable bonds is 8. The minimum absolute atomic E-state index is 0. The Morgan fingerprint density at radius 1 is 1.08 bits per heavy atom. The molecule has 0 spiro atoms. The molecule has 3 aromatic rings. The van der Waals surface area contributed by atoms with E-state index in [9.17, 15) is 0 Å². The van der Waals surface area contributed by atoms with Gasteiger partial charge in [0.1, 0.15) is 6.61 Å². The van der Waals surface area contributed by atoms with Crippen LogP contribution in [0.4, 0.5) is 4.39 Å². The zero-order valence-electron chi connectivity index (χ0n) is 22.4. The Bertz CT molecular complexity index is 1100. The molecule has 0 amide bonds. The van der Waals surface area contributed by atoms with Crippen molar-refractivity contribution in [1.82, 2.24) is 0 Å². The number of aryl methyl sites for hydroxylation is 1. The molecule has 1 radical (unpaired) electrons. The summed E-state index contributed by atoms with van der Waals surface area (Å²) in [5, 5.41) is 0.458. The van der Waals surface area contributed by atoms with Crippen molar-refractivity contribution < 1.29 is 46.6 Å². The summed E-state index contributed by atoms with van der Waals surface area (Å²) in [7, 11) is 1.57. The average Bonchev–Trinajstić information content (AvgIpc) is 2.89. The number of benzene rings is 3. The van der Waals surface area contributed by atoms with Crippen molar-refractivity contribution in [2.75, 3.05) is 26.9 Å². The zero-order valence-corrected chi connectivity index (χ0v) is 26.0. The maximum Gasteiger partial charge on any atom is 0.109 e. The van der Waals surface area contributed by atoms with Gasteiger partial charge < -0.3 is 27.1 Å². The van der Waals surface area contributed by atoms with Crippen LogP contribution >= 0.6 is 11.6 Å². The molecule has 5 nitrogen and oxygen atoms in total. The first-order chi connectivity index (χ1) is 17.5. The minimum Gasteiger partial charge on any atom is -0.693 e. The van der Waals surface area contributed by atoms with Gasteiger partial charge in [0.2, 0.25) is 0 Å². The van der Waals surface area contributed by atoms with Crippen molar-refractivity contribution in [3.63, 3.8) is 0 Å². The molecular formula is C30H39ClFN3O2Y-2. The number of hydrogen-bond donors (Lipinski definition) is 2. The van der Waals surface area contributed by atoms with Crippen molar-refractivity contribution in [2.45, 2.75) is 51.0 Å². The zero-order chi connectivity index (χ0) is 25.9. The van der Waals surface area contributed by atoms with Gasteiger partial charge in [-0.3, -0.25) is 4.39 Å². The molecule has 0 bridgehead atoms. The number of methoxy groups -OCH3 is 1. The third kappa shape index (κ3) is 9.67. The van der Waals surface area contributed by atoms with E-state index in [1.54, 1.807) is 19.2 Å². The Kier molecular flexibility index (Phi) is 16.5. The second-order valence-corrected chi connectivity index (χ2v) is 9.57. The van der Waals surface area contributed by atoms with Gasteiger partial charge in [0.25, 0.3) is 0 Å². The molecule has 3 aromatic carbocycles. The predicted octanol–water partition coefficient (Wildman–Crippen LogP) is 7.36. The van der Waals surface area contributed by atoms with Crippen LogP contribution in [-0.2, 0) is 37.4 Å². The molecule has 1 aliphatic rings. The molecular weight excluding hydrogens is 578 g/mol. The third-order valence-electron chi connectivity index (χ3n) is 6.53. The van der Waals surface area contributed by atoms with Gasteiger partial charge >= 0.3 is 0 Å². The van der Waals surface area contributed by atoms with E-state index in [4.69, 9.17) is 32.5 Å². The normalized spacial score (nSPS) is 13.8. The van der Waals surface area contributed by atoms with Crippen LogP contribution < -0.4 is 16.2 Å². The summed E-state index contributed by atoms with van der Waals surface area (Å²) < 4.78 is 25.6. The second-order valence-electron chi connectivity index (χ2n) is 9.16. The fraction of sp³-hybridized carbons (Fsp3) is 0.400. The van der Waals surface area contributed by atoms with Crippen LogP contribution in [0.3, 0.4) is 0 Å². The summed E-state index contributed by atoms with van der Waals surface area (Å²) >= 11 is 6.50. The third-order valence-corrected chi connectivity index (χ3v) is 6.84. The molecule has 0 heterocycles. The van der Waals surface area contributed by atoms with Crippen LogP contribution in [0.5, 0.6) is 5.75 Å². The Balaban J connectivity index is 0.000000697. The van der Waals surface area contributed by atoms with Gasteiger partial charge in [-0.25, -0.2) is 0 Å². The van der Waals surface area contributed by atoms with E-state index in [2.05, 4.69) is 6.07 Å². The SMILES string of the molecule is COCCOc1cc[c-]c(-c2cc(C(CN)c3ccccc3)c(C)cc2Cl)c1F.NC1CCCCC1.[NH2-].[Y]. The standard InChI is InChI=1S/C24H24ClFNO2.C6H13N.H2N.Y/c1-16-13-22(25)20(14-19(16)21(15-27)17-7-4-3-5-8-17)18-9-6-10-23(24(18)26)29-12-11-28-2;7-6-4-2-1-3-5-6;;/h3-8,10,13-14,21H,11-12,15,27H2,1-2H3;6H,1-5,7H2;1H2;/q-1;;-1;. The van der Waals surface area contributed by atoms with Crippen molar-refractivity contribution in [3.05, 3.63) is 94.3 Å². The molecule has 4 rings (SSSR count). The predicted molar refractivity (Wildman–Crippen MR) is 151 cm³/mol. The van der Waals surface area contributed by atoms with E-state index in [-0.39, 0.29) is 62.7 Å². The monoisotopic (exact) mass is 616 g/mol. The van der Waals surface area contributed by atoms with Gasteiger partial charge in [0.15, 0.2) is 0 Å². The Morgan fingerprint density at radius 2 is 1.76 bits per heavy atom. The smallest absolute Gasteiger partial charge is 0.109 e. The van der Waals surface area contributed by atoms with Crippen LogP contribution in [0.2, 0.25) is 5.02 Å². The van der Waals surface area contributed by atoms with E-state index in [1.807, 2.05) is 49.4 Å². The van der Waals surface area contributed by atoms with Crippen molar-refractivity contribution in [1.29, 1.82) is 0 Å². The number of hydrogen-bond acceptors (Lipinski definition) is 4. The number of ether oxygens (including phenoxy) is 2. The molecule has 0 aliphatic heterocycles. The first-order valence-electron chi connectivity index (χ1n) is 12.6. The van der Waals surface area contributed by atoms with Gasteiger partial charge in [-0.15, -0.1) is 17.7 Å². The summed E-state index contributed by atoms with van der Waals surface area (Å²) in [6.45, 7) is 3.05. The van der Waals surface area contributed by atoms with E-state index in [0.717, 1.165) is 16.7 Å². The van der Waals surface area contributed by atoms with Crippen molar-refractivity contribution in [2.24, 2.45) is 11.5 Å². The molecule has 0 saturated heterocycles. The number of halogens is 2. The molecule has 205 valence electrons. The van der Waals surface area contributed by atoms with Crippen LogP contribution in [0.15, 0.2) is 54.6 Å². The molecule has 8 heteroatoms. The molecule has 1 unspecified atom stereocenters. The summed E-state index contributed by atoms with van der Waals surface area (Å²) in [5.41, 5.74) is 15.7. The summed E-state index contributed by atoms with van der Waals surface area (Å²) in [6, 6.07) is 20.5. The van der Waals surface area contributed by atoms with Crippen molar-refractivity contribution in [3.8, 4) is 16.9 Å². The Morgan fingerprint density at radius 3 is 2.34 bits per heavy atom. The summed E-state index contributed by atoms with van der Waals surface area (Å²) in [4.78, 5) is 0. The minimum atomic E-state index is -0.496. The van der Waals surface area contributed by atoms with E-state index >= 15 is 4.39 Å². The summed E-state index contributed by atoms with van der Waals surface area (Å²) in [6.07, 6.45) is 6.66. The van der Waals surface area contributed by atoms with Crippen molar-refractivity contribution >= 4 is 11.6 Å². The maximum absolute atomic E-state index is 15.1. The molecule has 1 saturated carbocycles. The van der Waals surface area contributed by atoms with E-state index < -0.39 is 5.82 Å². The topological polar surface area (TPSA) is 104 Å². The molecule has 1 aliphatic carbocycles. The van der Waals surface area contributed by atoms with Gasteiger partial charge in [0, 0.05) is 63.3 Å². The molecule has 38 heavy (non-hydrogen) atoms. The van der Waals surface area contributed by atoms with E-state index in [1.165, 1.54) is 32.1 Å². The average molecular weight is 617 g/mol. The van der Waals surface area contributed by atoms with Gasteiger partial charge in [0.05, 0.1) is 18.2 Å². The van der Waals surface area contributed by atoms with Crippen LogP contribution in [0.25, 0.3) is 17.3 Å². The molecule has 6 N–H and O–H groups in total. The Labute approximate surface area is 257 Å². The van der Waals surface area contributed by atoms with Crippen LogP contribution in [-0.4, -0.2) is 32.9 Å². The first-order valence-corrected chi connectivity index (χ1v) is 13.0. The first kappa shape index (κ1) is 34.7. The van der Waals surface area contributed by atoms with Gasteiger partial charge in [-0.1, -0.05) is 78.9 Å². The molecule has 0 aromatic heterocycles. The number of nitrogens with two attached hydrogens (primary N) is 3. The molecule has 1 fully saturated rings. The van der Waals surface area contributed by atoms with Crippen LogP contribution in [0, 0.1) is 18.8 Å². The van der Waals surface area contributed by atoms with Gasteiger partial charge in [-0.2, -0.15) is 0 Å². The Hall–Kier alpha value is -1.38. The van der Waals surface area contributed by atoms with E-state index in [0.29, 0.717) is 29.8 Å². The fourth-order valence-corrected chi connectivity index (χ4v) is 4.83. The maximum atomic E-state index is 15.1. The fourth-order valence-electron chi connectivity index (χ4n) is 4.52. The second kappa shape index (κ2) is 18.1. The summed E-state index contributed by atoms with van der Waals surface area (Å²) in [5.74, 6) is -0.367. The van der Waals surface area contributed by atoms with Gasteiger partial charge in [-0.05, 0) is 42.5 Å². The quantitative estimate of drug-likeness (QED) is 0.204.